The summed E-state index contributed by atoms with van der Waals surface area (Å²) < 4.78 is 40.6. The van der Waals surface area contributed by atoms with E-state index in [1.54, 1.807) is 60.6 Å². The highest BCUT2D eigenvalue weighted by Crippen LogP contribution is 2.50. The van der Waals surface area contributed by atoms with Crippen molar-refractivity contribution >= 4 is 23.9 Å². The molecule has 0 aromatic carbocycles. The Kier molecular flexibility index (Phi) is 14.9. The third kappa shape index (κ3) is 10.9. The summed E-state index contributed by atoms with van der Waals surface area (Å²) in [6.07, 6.45) is -5.04. The maximum absolute atomic E-state index is 13.3. The molecule has 4 aliphatic heterocycles. The van der Waals surface area contributed by atoms with Crippen molar-refractivity contribution in [1.82, 2.24) is 0 Å². The summed E-state index contributed by atoms with van der Waals surface area (Å²) in [5.74, 6) is -7.23. The molecule has 3 fully saturated rings. The maximum atomic E-state index is 13.3. The molecule has 5 N–H and O–H groups in total. The number of esters is 4. The van der Waals surface area contributed by atoms with Crippen molar-refractivity contribution in [3.8, 4) is 0 Å². The molecule has 4 aliphatic rings. The van der Waals surface area contributed by atoms with Crippen LogP contribution in [0.3, 0.4) is 0 Å². The Hall–Kier alpha value is -3.22. The van der Waals surface area contributed by atoms with E-state index in [1.165, 1.54) is 20.1 Å². The molecular weight excluding hydrogens is 760 g/mol. The fraction of sp³-hybridized carbons (Fsp3) is 0.762. The van der Waals surface area contributed by atoms with Crippen LogP contribution in [-0.2, 0) is 52.3 Å². The molecule has 3 saturated heterocycles. The fourth-order valence-electron chi connectivity index (χ4n) is 7.92. The van der Waals surface area contributed by atoms with Gasteiger partial charge >= 0.3 is 23.9 Å². The van der Waals surface area contributed by atoms with Gasteiger partial charge in [0.25, 0.3) is 0 Å². The van der Waals surface area contributed by atoms with Crippen LogP contribution in [0.4, 0.5) is 0 Å². The van der Waals surface area contributed by atoms with Gasteiger partial charge in [-0.2, -0.15) is 0 Å². The van der Waals surface area contributed by atoms with E-state index in [2.05, 4.69) is 0 Å². The van der Waals surface area contributed by atoms with E-state index in [-0.39, 0.29) is 50.5 Å². The number of methoxy groups -OCH3 is 2. The predicted octanol–water partition coefficient (Wildman–Crippen LogP) is 2.84. The lowest BCUT2D eigenvalue weighted by molar-refractivity contribution is -0.349. The molecule has 11 atom stereocenters. The van der Waals surface area contributed by atoms with Crippen LogP contribution in [0, 0.1) is 16.2 Å². The number of rotatable bonds is 4. The van der Waals surface area contributed by atoms with Gasteiger partial charge in [-0.25, -0.2) is 9.59 Å². The van der Waals surface area contributed by atoms with Gasteiger partial charge in [-0.05, 0) is 52.5 Å². The molecule has 0 radical (unpaired) electrons. The Morgan fingerprint density at radius 1 is 0.879 bits per heavy atom. The van der Waals surface area contributed by atoms with E-state index < -0.39 is 113 Å². The minimum Gasteiger partial charge on any atom is -0.466 e. The average molecular weight is 825 g/mol. The summed E-state index contributed by atoms with van der Waals surface area (Å²) in [6, 6.07) is 0. The van der Waals surface area contributed by atoms with Crippen LogP contribution in [0.15, 0.2) is 35.5 Å². The summed E-state index contributed by atoms with van der Waals surface area (Å²) in [5, 5.41) is 58.4. The predicted molar refractivity (Wildman–Crippen MR) is 205 cm³/mol. The zero-order valence-electron chi connectivity index (χ0n) is 35.4. The molecule has 16 heteroatoms. The van der Waals surface area contributed by atoms with Gasteiger partial charge < -0.3 is 58.7 Å². The quantitative estimate of drug-likeness (QED) is 0.119. The average Bonchev–Trinajstić information content (AvgIpc) is 3.10. The molecule has 0 aliphatic carbocycles. The van der Waals surface area contributed by atoms with Crippen LogP contribution >= 0.6 is 0 Å². The van der Waals surface area contributed by atoms with E-state index in [1.807, 2.05) is 0 Å². The second-order valence-corrected chi connectivity index (χ2v) is 18.3. The van der Waals surface area contributed by atoms with Gasteiger partial charge in [-0.1, -0.05) is 45.4 Å². The van der Waals surface area contributed by atoms with Gasteiger partial charge in [0, 0.05) is 43.3 Å². The van der Waals surface area contributed by atoms with E-state index >= 15 is 0 Å². The van der Waals surface area contributed by atoms with Crippen LogP contribution < -0.4 is 0 Å². The lowest BCUT2D eigenvalue weighted by atomic mass is 9.70. The first-order valence-corrected chi connectivity index (χ1v) is 19.9. The number of carbonyl (C=O) groups excluding carboxylic acids is 4. The Bertz CT molecular complexity index is 1610. The number of hydrogen-bond donors (Lipinski definition) is 5. The zero-order chi connectivity index (χ0) is 43.6. The second-order valence-electron chi connectivity index (χ2n) is 18.3. The Morgan fingerprint density at radius 2 is 1.52 bits per heavy atom. The van der Waals surface area contributed by atoms with Gasteiger partial charge in [0.1, 0.15) is 18.3 Å². The lowest BCUT2D eigenvalue weighted by Gasteiger charge is -2.54. The van der Waals surface area contributed by atoms with Gasteiger partial charge in [0.2, 0.25) is 5.79 Å². The number of cyclic esters (lactones) is 1. The highest BCUT2D eigenvalue weighted by atomic mass is 16.7. The summed E-state index contributed by atoms with van der Waals surface area (Å²) in [6.45, 7) is 13.1. The van der Waals surface area contributed by atoms with Crippen molar-refractivity contribution in [2.24, 2.45) is 16.2 Å². The number of hydrogen-bond acceptors (Lipinski definition) is 16. The molecular formula is C42H64O16. The molecule has 4 rings (SSSR count). The summed E-state index contributed by atoms with van der Waals surface area (Å²) in [4.78, 5) is 51.5. The van der Waals surface area contributed by atoms with Crippen molar-refractivity contribution < 1.29 is 77.9 Å². The summed E-state index contributed by atoms with van der Waals surface area (Å²) >= 11 is 0. The first-order valence-electron chi connectivity index (χ1n) is 19.9. The maximum Gasteiger partial charge on any atom is 0.330 e. The topological polar surface area (TPSA) is 234 Å². The van der Waals surface area contributed by atoms with Crippen LogP contribution in [0.2, 0.25) is 0 Å². The smallest absolute Gasteiger partial charge is 0.330 e. The molecule has 16 nitrogen and oxygen atoms in total. The Balaban J connectivity index is 1.84. The second kappa shape index (κ2) is 18.2. The minimum absolute atomic E-state index is 0.0754. The number of carbonyl (C=O) groups is 4. The van der Waals surface area contributed by atoms with Crippen molar-refractivity contribution in [2.45, 2.75) is 173 Å². The minimum atomic E-state index is -2.40. The zero-order valence-corrected chi connectivity index (χ0v) is 35.4. The summed E-state index contributed by atoms with van der Waals surface area (Å²) in [7, 11) is 2.41. The molecule has 0 unspecified atom stereocenters. The standard InChI is InChI=1S/C42H64O16/c1-23(43)31-20-28-16-25(17-34(46)53-10)36(48)42(51,58-28)39(5,6)12-11-27-13-24(15-33(45)52-9)14-30(54-27)22-41(50)40(7,8)32(56-37(49)38(2,3)4)21-29(57-41)18-26(44)19-35(47)55-31/h11-12,15,17,23,26-32,36,43-44,48,50-51H,13-14,16,18-22H2,1-10H3/b12-11+,24-15+,25-17+/t23-,26-,27+,28+,29-,30+,31-,32+,36+,41+,42-/m1/s1. The molecule has 4 heterocycles. The molecule has 58 heavy (non-hydrogen) atoms. The third-order valence-electron chi connectivity index (χ3n) is 11.8. The van der Waals surface area contributed by atoms with Crippen LogP contribution in [-0.4, -0.2) is 130 Å². The number of aliphatic hydroxyl groups is 5. The van der Waals surface area contributed by atoms with Crippen molar-refractivity contribution in [2.75, 3.05) is 14.2 Å². The summed E-state index contributed by atoms with van der Waals surface area (Å²) in [5.41, 5.74) is -2.87. The monoisotopic (exact) mass is 824 g/mol. The molecule has 0 aromatic heterocycles. The largest absolute Gasteiger partial charge is 0.466 e. The van der Waals surface area contributed by atoms with Gasteiger partial charge in [-0.3, -0.25) is 9.59 Å². The van der Waals surface area contributed by atoms with E-state index in [0.29, 0.717) is 5.57 Å². The van der Waals surface area contributed by atoms with Gasteiger partial charge in [0.15, 0.2) is 5.79 Å². The van der Waals surface area contributed by atoms with Crippen molar-refractivity contribution in [3.05, 3.63) is 35.5 Å². The van der Waals surface area contributed by atoms with E-state index in [9.17, 15) is 44.7 Å². The van der Waals surface area contributed by atoms with Crippen LogP contribution in [0.1, 0.15) is 107 Å². The SMILES string of the molecule is COC(=O)/C=C1/C[C@H]2C[C@]3(O)O[C@H](C[C@@H](O)CC(=O)O[C@@H]([C@@H](C)O)C[C@@H]4C/C(=C\C(=O)OC)[C@H](O)[C@@](O)(O4)C(C)(C)/C=C/[C@@H](C1)O2)C[C@H](OC(=O)C(C)(C)C)C3(C)C. The van der Waals surface area contributed by atoms with Gasteiger partial charge in [0.05, 0.1) is 68.1 Å². The van der Waals surface area contributed by atoms with Crippen molar-refractivity contribution in [1.29, 1.82) is 0 Å². The highest BCUT2D eigenvalue weighted by molar-refractivity contribution is 5.83. The van der Waals surface area contributed by atoms with Crippen molar-refractivity contribution in [3.63, 3.8) is 0 Å². The molecule has 328 valence electrons. The van der Waals surface area contributed by atoms with E-state index in [4.69, 9.17) is 33.2 Å². The van der Waals surface area contributed by atoms with Crippen LogP contribution in [0.25, 0.3) is 0 Å². The Morgan fingerprint density at radius 3 is 2.12 bits per heavy atom. The molecule has 6 bridgehead atoms. The van der Waals surface area contributed by atoms with E-state index in [0.717, 1.165) is 13.2 Å². The number of fused-ring (bicyclic) bond motifs is 6. The number of ether oxygens (including phenoxy) is 7. The number of aliphatic hydroxyl groups excluding tert-OH is 3. The van der Waals surface area contributed by atoms with Crippen LogP contribution in [0.5, 0.6) is 0 Å². The normalized spacial score (nSPS) is 38.4. The first-order chi connectivity index (χ1) is 26.7. The fourth-order valence-corrected chi connectivity index (χ4v) is 7.92. The molecule has 0 spiro atoms. The molecule has 0 amide bonds. The third-order valence-corrected chi connectivity index (χ3v) is 11.8. The molecule has 0 aromatic rings. The first kappa shape index (κ1) is 47.5. The highest BCUT2D eigenvalue weighted by Gasteiger charge is 2.59. The molecule has 0 saturated carbocycles. The van der Waals surface area contributed by atoms with Gasteiger partial charge in [-0.15, -0.1) is 0 Å². The Labute approximate surface area is 340 Å². The lowest BCUT2D eigenvalue weighted by Crippen LogP contribution is -2.62.